The lowest BCUT2D eigenvalue weighted by Crippen LogP contribution is -2.46. The van der Waals surface area contributed by atoms with E-state index in [-0.39, 0.29) is 18.1 Å². The number of carbonyl (C=O) groups excluding carboxylic acids is 2. The van der Waals surface area contributed by atoms with Gasteiger partial charge in [0.05, 0.1) is 6.61 Å². The van der Waals surface area contributed by atoms with Crippen molar-refractivity contribution in [3.05, 3.63) is 0 Å². The fourth-order valence-corrected chi connectivity index (χ4v) is 2.38. The molecule has 0 N–H and O–H groups in total. The Morgan fingerprint density at radius 1 is 1.25 bits per heavy atom. The highest BCUT2D eigenvalue weighted by atomic mass is 16.6. The summed E-state index contributed by atoms with van der Waals surface area (Å²) in [6, 6.07) is 0.0861. The van der Waals surface area contributed by atoms with E-state index in [0.29, 0.717) is 26.0 Å². The maximum absolute atomic E-state index is 12.2. The van der Waals surface area contributed by atoms with Gasteiger partial charge in [-0.05, 0) is 53.4 Å². The number of piperidine rings is 1. The first-order valence-electron chi connectivity index (χ1n) is 7.48. The number of hydrogen-bond acceptors (Lipinski definition) is 4. The van der Waals surface area contributed by atoms with Crippen LogP contribution >= 0.6 is 0 Å². The Balaban J connectivity index is 2.53. The van der Waals surface area contributed by atoms with E-state index in [9.17, 15) is 9.59 Å². The second kappa shape index (κ2) is 7.50. The lowest BCUT2D eigenvalue weighted by molar-refractivity contribution is -0.143. The van der Waals surface area contributed by atoms with Crippen LogP contribution in [0.1, 0.15) is 59.8 Å². The largest absolute Gasteiger partial charge is 0.466 e. The fourth-order valence-electron chi connectivity index (χ4n) is 2.38. The zero-order valence-corrected chi connectivity index (χ0v) is 13.1. The molecule has 0 aromatic carbocycles. The summed E-state index contributed by atoms with van der Waals surface area (Å²) in [5.74, 6) is -0.192. The molecule has 1 amide bonds. The molecule has 0 radical (unpaired) electrons. The first kappa shape index (κ1) is 16.8. The minimum absolute atomic E-state index is 0.0861. The highest BCUT2D eigenvalue weighted by molar-refractivity contribution is 5.70. The van der Waals surface area contributed by atoms with Gasteiger partial charge in [-0.2, -0.15) is 0 Å². The second-order valence-corrected chi connectivity index (χ2v) is 6.17. The van der Waals surface area contributed by atoms with Crippen molar-refractivity contribution in [2.24, 2.45) is 0 Å². The maximum atomic E-state index is 12.2. The monoisotopic (exact) mass is 285 g/mol. The Hall–Kier alpha value is -1.26. The zero-order valence-electron chi connectivity index (χ0n) is 13.1. The van der Waals surface area contributed by atoms with E-state index in [4.69, 9.17) is 9.47 Å². The number of nitrogens with zero attached hydrogens (tertiary/aromatic N) is 1. The Bertz CT molecular complexity index is 335. The molecule has 0 unspecified atom stereocenters. The second-order valence-electron chi connectivity index (χ2n) is 6.17. The van der Waals surface area contributed by atoms with Gasteiger partial charge in [0.2, 0.25) is 0 Å². The number of amides is 1. The molecule has 0 aliphatic carbocycles. The number of hydrogen-bond donors (Lipinski definition) is 0. The van der Waals surface area contributed by atoms with Crippen LogP contribution in [0.25, 0.3) is 0 Å². The summed E-state index contributed by atoms with van der Waals surface area (Å²) in [5, 5.41) is 0. The quantitative estimate of drug-likeness (QED) is 0.745. The molecule has 0 aromatic rings. The van der Waals surface area contributed by atoms with Gasteiger partial charge in [-0.1, -0.05) is 0 Å². The van der Waals surface area contributed by atoms with Crippen molar-refractivity contribution < 1.29 is 19.1 Å². The molecule has 1 fully saturated rings. The van der Waals surface area contributed by atoms with Gasteiger partial charge in [-0.25, -0.2) is 4.79 Å². The molecule has 20 heavy (non-hydrogen) atoms. The maximum Gasteiger partial charge on any atom is 0.410 e. The van der Waals surface area contributed by atoms with E-state index in [0.717, 1.165) is 19.3 Å². The molecule has 1 aliphatic heterocycles. The number of rotatable bonds is 4. The minimum atomic E-state index is -0.486. The van der Waals surface area contributed by atoms with Crippen LogP contribution in [0.2, 0.25) is 0 Å². The van der Waals surface area contributed by atoms with Gasteiger partial charge in [0.15, 0.2) is 0 Å². The average Bonchev–Trinajstić information content (AvgIpc) is 2.35. The Labute approximate surface area is 121 Å². The molecule has 1 heterocycles. The van der Waals surface area contributed by atoms with Crippen LogP contribution in [-0.4, -0.2) is 41.8 Å². The normalized spacial score (nSPS) is 19.6. The van der Waals surface area contributed by atoms with Crippen LogP contribution in [0, 0.1) is 0 Å². The average molecular weight is 285 g/mol. The van der Waals surface area contributed by atoms with Crippen molar-refractivity contribution in [3.8, 4) is 0 Å². The van der Waals surface area contributed by atoms with Crippen LogP contribution in [0.4, 0.5) is 4.79 Å². The Kier molecular flexibility index (Phi) is 6.30. The predicted molar refractivity (Wildman–Crippen MR) is 76.4 cm³/mol. The van der Waals surface area contributed by atoms with Gasteiger partial charge in [0.25, 0.3) is 0 Å². The van der Waals surface area contributed by atoms with Crippen LogP contribution in [0.3, 0.4) is 0 Å². The van der Waals surface area contributed by atoms with Gasteiger partial charge in [-0.15, -0.1) is 0 Å². The summed E-state index contributed by atoms with van der Waals surface area (Å²) in [5.41, 5.74) is -0.486. The van der Waals surface area contributed by atoms with Crippen LogP contribution < -0.4 is 0 Å². The Morgan fingerprint density at radius 2 is 1.95 bits per heavy atom. The smallest absolute Gasteiger partial charge is 0.410 e. The van der Waals surface area contributed by atoms with Gasteiger partial charge < -0.3 is 14.4 Å². The molecule has 0 bridgehead atoms. The highest BCUT2D eigenvalue weighted by Gasteiger charge is 2.30. The molecule has 1 atom stereocenters. The summed E-state index contributed by atoms with van der Waals surface area (Å²) in [7, 11) is 0. The van der Waals surface area contributed by atoms with Gasteiger partial charge in [0, 0.05) is 19.0 Å². The summed E-state index contributed by atoms with van der Waals surface area (Å²) in [6.45, 7) is 8.50. The van der Waals surface area contributed by atoms with Crippen LogP contribution in [0.15, 0.2) is 0 Å². The summed E-state index contributed by atoms with van der Waals surface area (Å²) >= 11 is 0. The van der Waals surface area contributed by atoms with Crippen LogP contribution in [-0.2, 0) is 14.3 Å². The van der Waals surface area contributed by atoms with E-state index in [1.165, 1.54) is 0 Å². The van der Waals surface area contributed by atoms with E-state index < -0.39 is 5.60 Å². The molecule has 1 rings (SSSR count). The molecule has 0 spiro atoms. The lowest BCUT2D eigenvalue weighted by Gasteiger charge is -2.36. The third-order valence-corrected chi connectivity index (χ3v) is 3.24. The molecular weight excluding hydrogens is 258 g/mol. The molecule has 0 aromatic heterocycles. The van der Waals surface area contributed by atoms with E-state index in [1.54, 1.807) is 11.8 Å². The predicted octanol–water partition coefficient (Wildman–Crippen LogP) is 3.12. The van der Waals surface area contributed by atoms with Crippen molar-refractivity contribution in [2.75, 3.05) is 13.2 Å². The minimum Gasteiger partial charge on any atom is -0.466 e. The Morgan fingerprint density at radius 3 is 2.55 bits per heavy atom. The third-order valence-electron chi connectivity index (χ3n) is 3.24. The van der Waals surface area contributed by atoms with E-state index >= 15 is 0 Å². The highest BCUT2D eigenvalue weighted by Crippen LogP contribution is 2.23. The molecule has 5 nitrogen and oxygen atoms in total. The fraction of sp³-hybridized carbons (Fsp3) is 0.867. The number of likely N-dealkylation sites (tertiary alicyclic amines) is 1. The number of carbonyl (C=O) groups is 2. The molecular formula is C15H27NO4. The molecule has 1 aliphatic rings. The molecule has 116 valence electrons. The standard InChI is InChI=1S/C15H27NO4/c1-5-19-13(17)10-9-12-8-6-7-11-16(12)14(18)20-15(2,3)4/h12H,5-11H2,1-4H3/t12-/m1/s1. The van der Waals surface area contributed by atoms with Gasteiger partial charge >= 0.3 is 12.1 Å². The van der Waals surface area contributed by atoms with Crippen LogP contribution in [0.5, 0.6) is 0 Å². The topological polar surface area (TPSA) is 55.8 Å². The summed E-state index contributed by atoms with van der Waals surface area (Å²) in [6.07, 6.45) is 3.75. The summed E-state index contributed by atoms with van der Waals surface area (Å²) in [4.78, 5) is 25.4. The zero-order chi connectivity index (χ0) is 15.2. The van der Waals surface area contributed by atoms with Crippen molar-refractivity contribution >= 4 is 12.1 Å². The molecule has 5 heteroatoms. The molecule has 0 saturated carbocycles. The van der Waals surface area contributed by atoms with E-state index in [1.807, 2.05) is 20.8 Å². The summed E-state index contributed by atoms with van der Waals surface area (Å²) < 4.78 is 10.4. The van der Waals surface area contributed by atoms with Crippen molar-refractivity contribution in [1.29, 1.82) is 0 Å². The SMILES string of the molecule is CCOC(=O)CC[C@H]1CCCCN1C(=O)OC(C)(C)C. The first-order valence-corrected chi connectivity index (χ1v) is 7.48. The number of ether oxygens (including phenoxy) is 2. The van der Waals surface area contributed by atoms with Crippen molar-refractivity contribution in [3.63, 3.8) is 0 Å². The number of esters is 1. The first-order chi connectivity index (χ1) is 9.33. The van der Waals surface area contributed by atoms with E-state index in [2.05, 4.69) is 0 Å². The van der Waals surface area contributed by atoms with Gasteiger partial charge in [-0.3, -0.25) is 4.79 Å². The van der Waals surface area contributed by atoms with Crippen molar-refractivity contribution in [1.82, 2.24) is 4.90 Å². The lowest BCUT2D eigenvalue weighted by atomic mass is 9.98. The van der Waals surface area contributed by atoms with Crippen molar-refractivity contribution in [2.45, 2.75) is 71.4 Å². The van der Waals surface area contributed by atoms with Gasteiger partial charge in [0.1, 0.15) is 5.60 Å². The third kappa shape index (κ3) is 5.80. The molecule has 1 saturated heterocycles.